The molecule has 2 rings (SSSR count). The van der Waals surface area contributed by atoms with E-state index in [4.69, 9.17) is 16.0 Å². The molecule has 0 radical (unpaired) electrons. The summed E-state index contributed by atoms with van der Waals surface area (Å²) in [5.41, 5.74) is 4.83. The number of allylic oxidation sites excluding steroid dienone is 3. The Morgan fingerprint density at radius 1 is 1.35 bits per heavy atom. The van der Waals surface area contributed by atoms with Crippen LogP contribution in [0.2, 0.25) is 0 Å². The van der Waals surface area contributed by atoms with Gasteiger partial charge in [-0.15, -0.1) is 5.10 Å². The molecule has 0 bridgehead atoms. The standard InChI is InChI=1S/C11H14F3N5O/c1-5-7(9-17-18-10(20-9)19(2)16)3-6(15)4-8(5)11(12,13)14/h3-5,7H,15-16H2,1-2H3. The van der Waals surface area contributed by atoms with E-state index in [1.165, 1.54) is 20.0 Å². The molecule has 0 saturated carbocycles. The summed E-state index contributed by atoms with van der Waals surface area (Å²) in [5.74, 6) is 3.85. The van der Waals surface area contributed by atoms with Crippen molar-refractivity contribution in [1.29, 1.82) is 0 Å². The maximum Gasteiger partial charge on any atom is 0.413 e. The molecule has 20 heavy (non-hydrogen) atoms. The first-order valence-corrected chi connectivity index (χ1v) is 5.78. The van der Waals surface area contributed by atoms with Crippen molar-refractivity contribution in [3.8, 4) is 0 Å². The van der Waals surface area contributed by atoms with Crippen molar-refractivity contribution in [3.05, 3.63) is 29.3 Å². The second-order valence-corrected chi connectivity index (χ2v) is 4.61. The smallest absolute Gasteiger partial charge is 0.406 e. The summed E-state index contributed by atoms with van der Waals surface area (Å²) in [6, 6.07) is 0.0160. The normalized spacial score (nSPS) is 23.3. The maximum atomic E-state index is 12.9. The van der Waals surface area contributed by atoms with E-state index in [0.29, 0.717) is 0 Å². The van der Waals surface area contributed by atoms with Crippen molar-refractivity contribution in [2.24, 2.45) is 17.5 Å². The molecule has 2 unspecified atom stereocenters. The van der Waals surface area contributed by atoms with Gasteiger partial charge in [0, 0.05) is 24.2 Å². The zero-order valence-electron chi connectivity index (χ0n) is 10.8. The predicted molar refractivity (Wildman–Crippen MR) is 65.2 cm³/mol. The van der Waals surface area contributed by atoms with Crippen molar-refractivity contribution < 1.29 is 17.6 Å². The lowest BCUT2D eigenvalue weighted by atomic mass is 9.82. The molecular formula is C11H14F3N5O. The molecule has 0 spiro atoms. The molecule has 1 heterocycles. The fourth-order valence-electron chi connectivity index (χ4n) is 2.03. The number of alkyl halides is 3. The van der Waals surface area contributed by atoms with Crippen molar-refractivity contribution in [1.82, 2.24) is 10.2 Å². The van der Waals surface area contributed by atoms with Gasteiger partial charge in [-0.2, -0.15) is 13.2 Å². The molecule has 1 aromatic heterocycles. The molecule has 0 fully saturated rings. The van der Waals surface area contributed by atoms with Crippen LogP contribution >= 0.6 is 0 Å². The number of hydrogen-bond acceptors (Lipinski definition) is 6. The monoisotopic (exact) mass is 289 g/mol. The average molecular weight is 289 g/mol. The first-order valence-electron chi connectivity index (χ1n) is 5.78. The summed E-state index contributed by atoms with van der Waals surface area (Å²) in [7, 11) is 1.48. The third-order valence-electron chi connectivity index (χ3n) is 3.07. The summed E-state index contributed by atoms with van der Waals surface area (Å²) in [6.45, 7) is 1.43. The highest BCUT2D eigenvalue weighted by Crippen LogP contribution is 2.42. The molecule has 1 aromatic rings. The minimum Gasteiger partial charge on any atom is -0.406 e. The fourth-order valence-corrected chi connectivity index (χ4v) is 2.03. The van der Waals surface area contributed by atoms with Gasteiger partial charge in [0.2, 0.25) is 5.89 Å². The van der Waals surface area contributed by atoms with Crippen LogP contribution in [0, 0.1) is 5.92 Å². The molecule has 2 atom stereocenters. The molecule has 0 saturated heterocycles. The predicted octanol–water partition coefficient (Wildman–Crippen LogP) is 1.44. The van der Waals surface area contributed by atoms with E-state index in [-0.39, 0.29) is 17.6 Å². The lowest BCUT2D eigenvalue weighted by molar-refractivity contribution is -0.0994. The highest BCUT2D eigenvalue weighted by molar-refractivity contribution is 5.36. The number of hydrazine groups is 1. The van der Waals surface area contributed by atoms with Crippen LogP contribution in [0.1, 0.15) is 18.7 Å². The number of hydrogen-bond donors (Lipinski definition) is 2. The molecule has 1 aliphatic rings. The van der Waals surface area contributed by atoms with Gasteiger partial charge in [0.15, 0.2) is 0 Å². The van der Waals surface area contributed by atoms with Gasteiger partial charge in [0.1, 0.15) is 0 Å². The average Bonchev–Trinajstić information content (AvgIpc) is 2.79. The molecule has 110 valence electrons. The van der Waals surface area contributed by atoms with Gasteiger partial charge in [0.05, 0.1) is 5.92 Å². The molecule has 9 heteroatoms. The Hall–Kier alpha value is -2.03. The van der Waals surface area contributed by atoms with E-state index < -0.39 is 23.6 Å². The van der Waals surface area contributed by atoms with Crippen LogP contribution in [0.3, 0.4) is 0 Å². The van der Waals surface area contributed by atoms with Crippen LogP contribution in [-0.4, -0.2) is 23.4 Å². The first-order chi connectivity index (χ1) is 9.20. The maximum absolute atomic E-state index is 12.9. The highest BCUT2D eigenvalue weighted by Gasteiger charge is 2.42. The molecule has 1 aliphatic carbocycles. The van der Waals surface area contributed by atoms with Crippen LogP contribution in [0.25, 0.3) is 0 Å². The molecule has 4 N–H and O–H groups in total. The minimum absolute atomic E-state index is 0.0151. The topological polar surface area (TPSA) is 94.2 Å². The van der Waals surface area contributed by atoms with Gasteiger partial charge >= 0.3 is 12.2 Å². The first kappa shape index (κ1) is 14.4. The molecular weight excluding hydrogens is 275 g/mol. The molecule has 0 amide bonds. The molecule has 0 aliphatic heterocycles. The Bertz CT molecular complexity index is 561. The van der Waals surface area contributed by atoms with Gasteiger partial charge in [-0.1, -0.05) is 12.0 Å². The van der Waals surface area contributed by atoms with Gasteiger partial charge in [0.25, 0.3) is 0 Å². The van der Waals surface area contributed by atoms with Crippen LogP contribution in [0.4, 0.5) is 19.2 Å². The number of aromatic nitrogens is 2. The van der Waals surface area contributed by atoms with Gasteiger partial charge in [-0.3, -0.25) is 5.01 Å². The second kappa shape index (κ2) is 4.82. The van der Waals surface area contributed by atoms with E-state index >= 15 is 0 Å². The van der Waals surface area contributed by atoms with Crippen molar-refractivity contribution >= 4 is 6.01 Å². The van der Waals surface area contributed by atoms with Crippen LogP contribution in [0.5, 0.6) is 0 Å². The van der Waals surface area contributed by atoms with Gasteiger partial charge in [-0.25, -0.2) is 5.84 Å². The Balaban J connectivity index is 2.36. The SMILES string of the molecule is CC1C(C(F)(F)F)=CC(N)=CC1c1nnc(N(C)N)o1. The largest absolute Gasteiger partial charge is 0.413 e. The van der Waals surface area contributed by atoms with Crippen LogP contribution in [0.15, 0.2) is 27.8 Å². The Kier molecular flexibility index (Phi) is 3.46. The third kappa shape index (κ3) is 2.62. The number of nitrogens with zero attached hydrogens (tertiary/aromatic N) is 3. The number of halogens is 3. The van der Waals surface area contributed by atoms with Crippen LogP contribution < -0.4 is 16.6 Å². The lowest BCUT2D eigenvalue weighted by Gasteiger charge is -2.26. The zero-order valence-corrected chi connectivity index (χ0v) is 10.8. The molecule has 0 aromatic carbocycles. The Morgan fingerprint density at radius 3 is 2.50 bits per heavy atom. The van der Waals surface area contributed by atoms with Crippen molar-refractivity contribution in [2.75, 3.05) is 12.1 Å². The quantitative estimate of drug-likeness (QED) is 0.632. The van der Waals surface area contributed by atoms with E-state index in [1.807, 2.05) is 0 Å². The third-order valence-corrected chi connectivity index (χ3v) is 3.07. The van der Waals surface area contributed by atoms with E-state index in [1.54, 1.807) is 0 Å². The Labute approximate surface area is 112 Å². The summed E-state index contributed by atoms with van der Waals surface area (Å²) in [6.07, 6.45) is -2.06. The van der Waals surface area contributed by atoms with Crippen molar-refractivity contribution in [2.45, 2.75) is 19.0 Å². The summed E-state index contributed by atoms with van der Waals surface area (Å²) >= 11 is 0. The minimum atomic E-state index is -4.45. The molecule has 6 nitrogen and oxygen atoms in total. The van der Waals surface area contributed by atoms with Crippen LogP contribution in [-0.2, 0) is 0 Å². The fraction of sp³-hybridized carbons (Fsp3) is 0.455. The number of anilines is 1. The summed E-state index contributed by atoms with van der Waals surface area (Å²) < 4.78 is 44.1. The lowest BCUT2D eigenvalue weighted by Crippen LogP contribution is -2.26. The van der Waals surface area contributed by atoms with Gasteiger partial charge < -0.3 is 10.2 Å². The zero-order chi connectivity index (χ0) is 15.1. The highest BCUT2D eigenvalue weighted by atomic mass is 19.4. The summed E-state index contributed by atoms with van der Waals surface area (Å²) in [4.78, 5) is 0. The number of nitrogens with two attached hydrogens (primary N) is 2. The van der Waals surface area contributed by atoms with E-state index in [2.05, 4.69) is 10.2 Å². The number of rotatable bonds is 2. The second-order valence-electron chi connectivity index (χ2n) is 4.61. The summed E-state index contributed by atoms with van der Waals surface area (Å²) in [5, 5.41) is 8.46. The van der Waals surface area contributed by atoms with Crippen molar-refractivity contribution in [3.63, 3.8) is 0 Å². The van der Waals surface area contributed by atoms with Gasteiger partial charge in [-0.05, 0) is 12.2 Å². The van der Waals surface area contributed by atoms with E-state index in [9.17, 15) is 13.2 Å². The Morgan fingerprint density at radius 2 is 2.00 bits per heavy atom. The van der Waals surface area contributed by atoms with E-state index in [0.717, 1.165) is 11.1 Å².